The van der Waals surface area contributed by atoms with Crippen LogP contribution in [0.5, 0.6) is 0 Å². The quantitative estimate of drug-likeness (QED) is 0.554. The largest absolute Gasteiger partial charge is 0.412 e. The van der Waals surface area contributed by atoms with Gasteiger partial charge >= 0.3 is 6.18 Å². The lowest BCUT2D eigenvalue weighted by Crippen LogP contribution is -2.09. The van der Waals surface area contributed by atoms with Crippen LogP contribution in [-0.2, 0) is 0 Å². The molecule has 0 nitrogen and oxygen atoms in total. The molecule has 1 aliphatic rings. The number of halogens is 3. The third-order valence-electron chi connectivity index (χ3n) is 3.34. The van der Waals surface area contributed by atoms with Crippen molar-refractivity contribution in [3.63, 3.8) is 0 Å². The van der Waals surface area contributed by atoms with E-state index in [1.165, 1.54) is 6.08 Å². The predicted molar refractivity (Wildman–Crippen MR) is 46.2 cm³/mol. The van der Waals surface area contributed by atoms with Crippen molar-refractivity contribution in [2.24, 2.45) is 17.3 Å². The van der Waals surface area contributed by atoms with Crippen LogP contribution < -0.4 is 0 Å². The molecular weight excluding hydrogens is 177 g/mol. The molecule has 1 fully saturated rings. The molecule has 2 atom stereocenters. The number of alkyl halides is 3. The number of rotatable bonds is 1. The van der Waals surface area contributed by atoms with Crippen LogP contribution in [0.3, 0.4) is 0 Å². The van der Waals surface area contributed by atoms with E-state index in [-0.39, 0.29) is 11.3 Å². The fourth-order valence-corrected chi connectivity index (χ4v) is 1.66. The van der Waals surface area contributed by atoms with Crippen molar-refractivity contribution in [1.82, 2.24) is 0 Å². The lowest BCUT2D eigenvalue weighted by molar-refractivity contribution is -0.0917. The van der Waals surface area contributed by atoms with Gasteiger partial charge in [0.25, 0.3) is 0 Å². The Balaban J connectivity index is 2.70. The van der Waals surface area contributed by atoms with Crippen LogP contribution in [0.4, 0.5) is 13.2 Å². The van der Waals surface area contributed by atoms with E-state index in [1.807, 2.05) is 20.8 Å². The molecule has 0 saturated heterocycles. The molecular formula is C10H15F3. The van der Waals surface area contributed by atoms with Gasteiger partial charge in [-0.3, -0.25) is 0 Å². The van der Waals surface area contributed by atoms with E-state index in [0.29, 0.717) is 5.92 Å². The topological polar surface area (TPSA) is 0 Å². The van der Waals surface area contributed by atoms with Crippen molar-refractivity contribution >= 4 is 0 Å². The summed E-state index contributed by atoms with van der Waals surface area (Å²) in [7, 11) is 0. The van der Waals surface area contributed by atoms with Crippen LogP contribution in [-0.4, -0.2) is 6.18 Å². The molecule has 0 spiro atoms. The Hall–Kier alpha value is -0.470. The summed E-state index contributed by atoms with van der Waals surface area (Å²) in [6, 6.07) is 0. The molecule has 0 N–H and O–H groups in total. The lowest BCUT2D eigenvalue weighted by Gasteiger charge is -2.06. The Kier molecular flexibility index (Phi) is 2.25. The zero-order chi connectivity index (χ0) is 10.4. The second-order valence-electron chi connectivity index (χ2n) is 4.48. The smallest absolute Gasteiger partial charge is 0.167 e. The molecule has 0 bridgehead atoms. The normalized spacial score (nSPS) is 33.3. The second kappa shape index (κ2) is 2.76. The zero-order valence-corrected chi connectivity index (χ0v) is 8.37. The summed E-state index contributed by atoms with van der Waals surface area (Å²) in [6.45, 7) is 7.14. The average Bonchev–Trinajstić information content (AvgIpc) is 2.36. The highest BCUT2D eigenvalue weighted by Crippen LogP contribution is 2.59. The molecule has 2 unspecified atom stereocenters. The first-order valence-corrected chi connectivity index (χ1v) is 4.43. The van der Waals surface area contributed by atoms with Gasteiger partial charge in [0.15, 0.2) is 0 Å². The molecule has 0 aromatic heterocycles. The summed E-state index contributed by atoms with van der Waals surface area (Å²) in [5, 5.41) is 0. The van der Waals surface area contributed by atoms with Crippen LogP contribution in [0.2, 0.25) is 0 Å². The molecule has 76 valence electrons. The summed E-state index contributed by atoms with van der Waals surface area (Å²) < 4.78 is 36.4. The summed E-state index contributed by atoms with van der Waals surface area (Å²) in [4.78, 5) is 0. The maximum atomic E-state index is 12.1. The first-order chi connectivity index (χ1) is 5.67. The van der Waals surface area contributed by atoms with Crippen molar-refractivity contribution in [1.29, 1.82) is 0 Å². The minimum absolute atomic E-state index is 0.0481. The molecule has 0 aromatic carbocycles. The molecule has 0 aliphatic heterocycles. The van der Waals surface area contributed by atoms with Crippen molar-refractivity contribution < 1.29 is 13.2 Å². The SMILES string of the molecule is C/C(=C\C1C(C)C1(C)C)C(F)(F)F. The zero-order valence-electron chi connectivity index (χ0n) is 8.37. The second-order valence-corrected chi connectivity index (χ2v) is 4.48. The third-order valence-corrected chi connectivity index (χ3v) is 3.34. The van der Waals surface area contributed by atoms with Gasteiger partial charge in [-0.1, -0.05) is 26.8 Å². The molecule has 1 saturated carbocycles. The van der Waals surface area contributed by atoms with Crippen molar-refractivity contribution in [2.75, 3.05) is 0 Å². The molecule has 1 rings (SSSR count). The van der Waals surface area contributed by atoms with E-state index in [9.17, 15) is 13.2 Å². The van der Waals surface area contributed by atoms with Gasteiger partial charge in [0.05, 0.1) is 0 Å². The van der Waals surface area contributed by atoms with Crippen LogP contribution in [0.25, 0.3) is 0 Å². The summed E-state index contributed by atoms with van der Waals surface area (Å²) >= 11 is 0. The van der Waals surface area contributed by atoms with Crippen LogP contribution in [0.15, 0.2) is 11.6 Å². The first-order valence-electron chi connectivity index (χ1n) is 4.43. The Morgan fingerprint density at radius 3 is 1.92 bits per heavy atom. The Bertz CT molecular complexity index is 235. The highest BCUT2D eigenvalue weighted by atomic mass is 19.4. The summed E-state index contributed by atoms with van der Waals surface area (Å²) in [6.07, 6.45) is -2.79. The first kappa shape index (κ1) is 10.6. The molecule has 0 radical (unpaired) electrons. The Labute approximate surface area is 76.8 Å². The van der Waals surface area contributed by atoms with Gasteiger partial charge in [0, 0.05) is 5.57 Å². The number of hydrogen-bond acceptors (Lipinski definition) is 0. The Morgan fingerprint density at radius 2 is 1.69 bits per heavy atom. The fourth-order valence-electron chi connectivity index (χ4n) is 1.66. The molecule has 1 aliphatic carbocycles. The number of hydrogen-bond donors (Lipinski definition) is 0. The molecule has 3 heteroatoms. The maximum absolute atomic E-state index is 12.1. The molecule has 0 amide bonds. The maximum Gasteiger partial charge on any atom is 0.412 e. The fraction of sp³-hybridized carbons (Fsp3) is 0.800. The Morgan fingerprint density at radius 1 is 1.31 bits per heavy atom. The van der Waals surface area contributed by atoms with E-state index < -0.39 is 11.7 Å². The van der Waals surface area contributed by atoms with Gasteiger partial charge < -0.3 is 0 Å². The van der Waals surface area contributed by atoms with Crippen molar-refractivity contribution in [3.8, 4) is 0 Å². The van der Waals surface area contributed by atoms with E-state index in [0.717, 1.165) is 6.92 Å². The summed E-state index contributed by atoms with van der Waals surface area (Å²) in [5.41, 5.74) is -0.415. The average molecular weight is 192 g/mol. The predicted octanol–water partition coefficient (Wildman–Crippen LogP) is 3.79. The van der Waals surface area contributed by atoms with E-state index in [4.69, 9.17) is 0 Å². The van der Waals surface area contributed by atoms with Crippen LogP contribution >= 0.6 is 0 Å². The van der Waals surface area contributed by atoms with E-state index in [1.54, 1.807) is 0 Å². The van der Waals surface area contributed by atoms with Gasteiger partial charge in [0.2, 0.25) is 0 Å². The van der Waals surface area contributed by atoms with Gasteiger partial charge in [-0.2, -0.15) is 13.2 Å². The third kappa shape index (κ3) is 1.89. The van der Waals surface area contributed by atoms with Crippen LogP contribution in [0, 0.1) is 17.3 Å². The van der Waals surface area contributed by atoms with E-state index in [2.05, 4.69) is 0 Å². The highest BCUT2D eigenvalue weighted by molar-refractivity contribution is 5.18. The van der Waals surface area contributed by atoms with Gasteiger partial charge in [-0.15, -0.1) is 0 Å². The monoisotopic (exact) mass is 192 g/mol. The van der Waals surface area contributed by atoms with Gasteiger partial charge in [0.1, 0.15) is 0 Å². The van der Waals surface area contributed by atoms with E-state index >= 15 is 0 Å². The molecule has 13 heavy (non-hydrogen) atoms. The minimum Gasteiger partial charge on any atom is -0.167 e. The lowest BCUT2D eigenvalue weighted by atomic mass is 10.1. The standard InChI is InChI=1S/C10H15F3/c1-6(10(11,12)13)5-8-7(2)9(8,3)4/h5,7-8H,1-4H3/b6-5+. The van der Waals surface area contributed by atoms with Gasteiger partial charge in [-0.05, 0) is 24.2 Å². The molecule has 0 aromatic rings. The summed E-state index contributed by atoms with van der Waals surface area (Å²) in [5.74, 6) is 0.457. The van der Waals surface area contributed by atoms with Crippen molar-refractivity contribution in [2.45, 2.75) is 33.9 Å². The highest BCUT2D eigenvalue weighted by Gasteiger charge is 2.53. The van der Waals surface area contributed by atoms with Gasteiger partial charge in [-0.25, -0.2) is 0 Å². The minimum atomic E-state index is -4.15. The van der Waals surface area contributed by atoms with Crippen LogP contribution in [0.1, 0.15) is 27.7 Å². The number of allylic oxidation sites excluding steroid dienone is 2. The molecule has 0 heterocycles. The van der Waals surface area contributed by atoms with Crippen molar-refractivity contribution in [3.05, 3.63) is 11.6 Å².